The van der Waals surface area contributed by atoms with E-state index in [1.165, 1.54) is 0 Å². The molecule has 1 aliphatic rings. The number of hydrogen-bond donors (Lipinski definition) is 2. The van der Waals surface area contributed by atoms with Gasteiger partial charge in [0.05, 0.1) is 13.7 Å². The molecule has 1 saturated heterocycles. The highest BCUT2D eigenvalue weighted by molar-refractivity contribution is 5.94. The topological polar surface area (TPSA) is 109 Å². The van der Waals surface area contributed by atoms with Crippen LogP contribution in [-0.4, -0.2) is 79.7 Å². The van der Waals surface area contributed by atoms with Gasteiger partial charge in [-0.25, -0.2) is 4.79 Å². The number of nitrogens with zero attached hydrogens (tertiary/aromatic N) is 3. The van der Waals surface area contributed by atoms with Gasteiger partial charge in [-0.05, 0) is 45.0 Å². The fourth-order valence-electron chi connectivity index (χ4n) is 2.73. The number of benzene rings is 1. The normalized spacial score (nSPS) is 15.1. The lowest BCUT2D eigenvalue weighted by molar-refractivity contribution is 0.0186. The number of nitrogens with two attached hydrogens (primary N) is 1. The average molecular weight is 405 g/mol. The van der Waals surface area contributed by atoms with Crippen molar-refractivity contribution in [1.82, 2.24) is 15.1 Å². The van der Waals surface area contributed by atoms with E-state index < -0.39 is 5.60 Å². The van der Waals surface area contributed by atoms with Crippen LogP contribution < -0.4 is 15.8 Å². The molecule has 9 nitrogen and oxygen atoms in total. The van der Waals surface area contributed by atoms with Crippen LogP contribution in [0.4, 0.5) is 4.79 Å². The molecule has 160 valence electrons. The summed E-state index contributed by atoms with van der Waals surface area (Å²) in [7, 11) is 1.58. The van der Waals surface area contributed by atoms with E-state index in [4.69, 9.17) is 15.2 Å². The highest BCUT2D eigenvalue weighted by atomic mass is 16.6. The van der Waals surface area contributed by atoms with E-state index in [1.807, 2.05) is 25.7 Å². The van der Waals surface area contributed by atoms with Crippen molar-refractivity contribution in [3.05, 3.63) is 29.8 Å². The van der Waals surface area contributed by atoms with Gasteiger partial charge < -0.3 is 30.3 Å². The Labute approximate surface area is 171 Å². The van der Waals surface area contributed by atoms with Crippen LogP contribution in [0.5, 0.6) is 5.75 Å². The molecule has 9 heteroatoms. The molecule has 0 bridgehead atoms. The second kappa shape index (κ2) is 9.99. The molecule has 1 aliphatic heterocycles. The van der Waals surface area contributed by atoms with Gasteiger partial charge in [-0.1, -0.05) is 0 Å². The van der Waals surface area contributed by atoms with Crippen molar-refractivity contribution in [2.45, 2.75) is 26.4 Å². The fourth-order valence-corrected chi connectivity index (χ4v) is 2.73. The van der Waals surface area contributed by atoms with E-state index in [0.29, 0.717) is 56.5 Å². The van der Waals surface area contributed by atoms with Gasteiger partial charge in [0, 0.05) is 38.3 Å². The number of hydrogen-bond acceptors (Lipinski definition) is 5. The van der Waals surface area contributed by atoms with E-state index in [1.54, 1.807) is 36.3 Å². The van der Waals surface area contributed by atoms with Gasteiger partial charge >= 0.3 is 6.09 Å². The zero-order valence-electron chi connectivity index (χ0n) is 17.6. The van der Waals surface area contributed by atoms with Gasteiger partial charge in [-0.15, -0.1) is 0 Å². The van der Waals surface area contributed by atoms with Crippen molar-refractivity contribution >= 4 is 18.0 Å². The van der Waals surface area contributed by atoms with Crippen LogP contribution >= 0.6 is 0 Å². The molecule has 1 heterocycles. The average Bonchev–Trinajstić information content (AvgIpc) is 2.69. The molecule has 1 aromatic rings. The van der Waals surface area contributed by atoms with E-state index in [-0.39, 0.29) is 12.0 Å². The predicted molar refractivity (Wildman–Crippen MR) is 111 cm³/mol. The predicted octanol–water partition coefficient (Wildman–Crippen LogP) is 1.29. The second-order valence-electron chi connectivity index (χ2n) is 7.68. The van der Waals surface area contributed by atoms with Gasteiger partial charge in [0.25, 0.3) is 5.91 Å². The highest BCUT2D eigenvalue weighted by Gasteiger charge is 2.26. The number of carbonyl (C=O) groups excluding carboxylic acids is 2. The molecule has 0 spiro atoms. The molecule has 0 aliphatic carbocycles. The third-order valence-electron chi connectivity index (χ3n) is 4.28. The van der Waals surface area contributed by atoms with Gasteiger partial charge in [0.15, 0.2) is 5.96 Å². The summed E-state index contributed by atoms with van der Waals surface area (Å²) in [5.41, 5.74) is 6.09. The van der Waals surface area contributed by atoms with E-state index in [2.05, 4.69) is 10.3 Å². The Hall–Kier alpha value is -2.97. The van der Waals surface area contributed by atoms with Gasteiger partial charge in [-0.2, -0.15) is 0 Å². The molecule has 2 rings (SSSR count). The monoisotopic (exact) mass is 405 g/mol. The van der Waals surface area contributed by atoms with Crippen LogP contribution in [0.15, 0.2) is 29.3 Å². The summed E-state index contributed by atoms with van der Waals surface area (Å²) in [6, 6.07) is 6.88. The Bertz CT molecular complexity index is 719. The van der Waals surface area contributed by atoms with Gasteiger partial charge in [-0.3, -0.25) is 9.79 Å². The molecule has 3 N–H and O–H groups in total. The number of aliphatic imine (C=N–C) groups is 1. The molecule has 0 radical (unpaired) electrons. The number of carbonyl (C=O) groups is 2. The second-order valence-corrected chi connectivity index (χ2v) is 7.68. The standard InChI is InChI=1S/C20H31N5O4/c1-20(2,3)29-19(27)25-13-11-24(12-14-25)18(21)23-10-9-22-17(26)15-5-7-16(28-4)8-6-15/h5-8H,9-14H2,1-4H3,(H2,21,23)(H,22,26). The Balaban J connectivity index is 1.72. The summed E-state index contributed by atoms with van der Waals surface area (Å²) in [4.78, 5) is 32.1. The summed E-state index contributed by atoms with van der Waals surface area (Å²) in [5, 5.41) is 2.81. The molecular weight excluding hydrogens is 374 g/mol. The number of nitrogens with one attached hydrogen (secondary N) is 1. The van der Waals surface area contributed by atoms with E-state index in [0.717, 1.165) is 0 Å². The number of piperazine rings is 1. The molecular formula is C20H31N5O4. The minimum absolute atomic E-state index is 0.174. The summed E-state index contributed by atoms with van der Waals surface area (Å²) in [6.45, 7) is 8.53. The summed E-state index contributed by atoms with van der Waals surface area (Å²) in [6.07, 6.45) is -0.311. The van der Waals surface area contributed by atoms with Crippen molar-refractivity contribution in [2.24, 2.45) is 10.7 Å². The fraction of sp³-hybridized carbons (Fsp3) is 0.550. The first kappa shape index (κ1) is 22.3. The number of amides is 2. The SMILES string of the molecule is COc1ccc(C(=O)NCCN=C(N)N2CCN(C(=O)OC(C)(C)C)CC2)cc1. The van der Waals surface area contributed by atoms with Gasteiger partial charge in [0.1, 0.15) is 11.4 Å². The minimum Gasteiger partial charge on any atom is -0.497 e. The highest BCUT2D eigenvalue weighted by Crippen LogP contribution is 2.12. The Morgan fingerprint density at radius 1 is 1.10 bits per heavy atom. The molecule has 2 amide bonds. The van der Waals surface area contributed by atoms with Crippen molar-refractivity contribution in [1.29, 1.82) is 0 Å². The molecule has 0 unspecified atom stereocenters. The smallest absolute Gasteiger partial charge is 0.410 e. The van der Waals surface area contributed by atoms with Crippen LogP contribution in [-0.2, 0) is 4.74 Å². The molecule has 0 aromatic heterocycles. The Kier molecular flexibility index (Phi) is 7.69. The van der Waals surface area contributed by atoms with Crippen molar-refractivity contribution in [3.8, 4) is 5.75 Å². The summed E-state index contributed by atoms with van der Waals surface area (Å²) in [5.74, 6) is 0.936. The Morgan fingerprint density at radius 3 is 2.24 bits per heavy atom. The van der Waals surface area contributed by atoms with E-state index >= 15 is 0 Å². The molecule has 0 saturated carbocycles. The van der Waals surface area contributed by atoms with Crippen LogP contribution in [0.1, 0.15) is 31.1 Å². The maximum Gasteiger partial charge on any atom is 0.410 e. The zero-order valence-corrected chi connectivity index (χ0v) is 17.6. The van der Waals surface area contributed by atoms with Crippen molar-refractivity contribution in [2.75, 3.05) is 46.4 Å². The first-order valence-corrected chi connectivity index (χ1v) is 9.64. The number of ether oxygens (including phenoxy) is 2. The molecule has 1 aromatic carbocycles. The summed E-state index contributed by atoms with van der Waals surface area (Å²) < 4.78 is 10.5. The van der Waals surface area contributed by atoms with Crippen molar-refractivity contribution in [3.63, 3.8) is 0 Å². The maximum atomic E-state index is 12.1. The lowest BCUT2D eigenvalue weighted by atomic mass is 10.2. The maximum absolute atomic E-state index is 12.1. The lowest BCUT2D eigenvalue weighted by Gasteiger charge is -2.36. The molecule has 29 heavy (non-hydrogen) atoms. The number of methoxy groups -OCH3 is 1. The number of guanidine groups is 1. The largest absolute Gasteiger partial charge is 0.497 e. The zero-order chi connectivity index (χ0) is 21.4. The minimum atomic E-state index is -0.509. The summed E-state index contributed by atoms with van der Waals surface area (Å²) >= 11 is 0. The van der Waals surface area contributed by atoms with Gasteiger partial charge in [0.2, 0.25) is 0 Å². The van der Waals surface area contributed by atoms with E-state index in [9.17, 15) is 9.59 Å². The quantitative estimate of drug-likeness (QED) is 0.434. The molecule has 1 fully saturated rings. The van der Waals surface area contributed by atoms with Crippen LogP contribution in [0.3, 0.4) is 0 Å². The molecule has 0 atom stereocenters. The van der Waals surface area contributed by atoms with Crippen LogP contribution in [0.2, 0.25) is 0 Å². The third-order valence-corrected chi connectivity index (χ3v) is 4.28. The van der Waals surface area contributed by atoms with Crippen LogP contribution in [0, 0.1) is 0 Å². The third kappa shape index (κ3) is 7.17. The van der Waals surface area contributed by atoms with Crippen LogP contribution in [0.25, 0.3) is 0 Å². The van der Waals surface area contributed by atoms with Crippen molar-refractivity contribution < 1.29 is 19.1 Å². The Morgan fingerprint density at radius 2 is 1.69 bits per heavy atom. The first-order chi connectivity index (χ1) is 13.7. The first-order valence-electron chi connectivity index (χ1n) is 9.64. The number of rotatable bonds is 5. The lowest BCUT2D eigenvalue weighted by Crippen LogP contribution is -2.53.